The van der Waals surface area contributed by atoms with Crippen LogP contribution in [0.5, 0.6) is 0 Å². The van der Waals surface area contributed by atoms with Crippen molar-refractivity contribution in [3.05, 3.63) is 11.7 Å². The van der Waals surface area contributed by atoms with Crippen LogP contribution in [0.4, 0.5) is 0 Å². The highest BCUT2D eigenvalue weighted by Gasteiger charge is 2.31. The van der Waals surface area contributed by atoms with E-state index in [9.17, 15) is 5.11 Å². The van der Waals surface area contributed by atoms with Crippen molar-refractivity contribution in [2.75, 3.05) is 25.6 Å². The van der Waals surface area contributed by atoms with Crippen molar-refractivity contribution in [1.82, 2.24) is 15.0 Å². The Labute approximate surface area is 92.8 Å². The lowest BCUT2D eigenvalue weighted by atomic mass is 10.1. The van der Waals surface area contributed by atoms with Gasteiger partial charge in [0.05, 0.1) is 18.6 Å². The molecule has 0 spiro atoms. The Balaban J connectivity index is 2.06. The Morgan fingerprint density at radius 3 is 2.93 bits per heavy atom. The number of aliphatic hydroxyl groups is 1. The van der Waals surface area contributed by atoms with Gasteiger partial charge in [-0.05, 0) is 14.1 Å². The predicted octanol–water partition coefficient (Wildman–Crippen LogP) is 0.322. The largest absolute Gasteiger partial charge is 0.391 e. The van der Waals surface area contributed by atoms with Crippen molar-refractivity contribution in [3.8, 4) is 0 Å². The van der Waals surface area contributed by atoms with Crippen molar-refractivity contribution in [1.29, 1.82) is 0 Å². The Morgan fingerprint density at radius 1 is 1.53 bits per heavy atom. The summed E-state index contributed by atoms with van der Waals surface area (Å²) in [6.45, 7) is 0.666. The third kappa shape index (κ3) is 2.50. The van der Waals surface area contributed by atoms with Crippen LogP contribution in [-0.2, 0) is 6.54 Å². The van der Waals surface area contributed by atoms with E-state index in [2.05, 4.69) is 10.1 Å². The molecule has 1 N–H and O–H groups in total. The summed E-state index contributed by atoms with van der Waals surface area (Å²) in [6.07, 6.45) is -0.345. The van der Waals surface area contributed by atoms with Crippen molar-refractivity contribution < 1.29 is 9.63 Å². The van der Waals surface area contributed by atoms with Gasteiger partial charge in [0.25, 0.3) is 0 Å². The van der Waals surface area contributed by atoms with Crippen LogP contribution in [0.2, 0.25) is 0 Å². The fourth-order valence-electron chi connectivity index (χ4n) is 1.54. The molecule has 2 atom stereocenters. The van der Waals surface area contributed by atoms with Gasteiger partial charge in [-0.15, -0.1) is 0 Å². The molecule has 1 aliphatic rings. The summed E-state index contributed by atoms with van der Waals surface area (Å²) in [6, 6.07) is 0. The van der Waals surface area contributed by atoms with E-state index in [4.69, 9.17) is 4.52 Å². The maximum absolute atomic E-state index is 9.67. The summed E-state index contributed by atoms with van der Waals surface area (Å²) >= 11 is 1.72. The smallest absolute Gasteiger partial charge is 0.233 e. The van der Waals surface area contributed by atoms with Crippen molar-refractivity contribution in [2.45, 2.75) is 18.6 Å². The number of hydrogen-bond acceptors (Lipinski definition) is 6. The van der Waals surface area contributed by atoms with Crippen LogP contribution < -0.4 is 0 Å². The van der Waals surface area contributed by atoms with Crippen LogP contribution in [-0.4, -0.2) is 51.9 Å². The molecule has 0 saturated carbocycles. The molecule has 15 heavy (non-hydrogen) atoms. The fraction of sp³-hybridized carbons (Fsp3) is 0.778. The minimum atomic E-state index is -0.345. The second kappa shape index (κ2) is 4.51. The molecule has 1 fully saturated rings. The van der Waals surface area contributed by atoms with Gasteiger partial charge in [-0.1, -0.05) is 5.16 Å². The summed E-state index contributed by atoms with van der Waals surface area (Å²) in [5, 5.41) is 13.6. The summed E-state index contributed by atoms with van der Waals surface area (Å²) in [5.41, 5.74) is 0. The molecule has 1 aromatic rings. The van der Waals surface area contributed by atoms with Gasteiger partial charge in [-0.3, -0.25) is 0 Å². The number of rotatable bonds is 3. The van der Waals surface area contributed by atoms with Crippen molar-refractivity contribution >= 4 is 11.8 Å². The molecule has 0 bridgehead atoms. The van der Waals surface area contributed by atoms with Crippen LogP contribution in [0.3, 0.4) is 0 Å². The third-order valence-electron chi connectivity index (χ3n) is 2.31. The predicted molar refractivity (Wildman–Crippen MR) is 57.8 cm³/mol. The molecule has 5 nitrogen and oxygen atoms in total. The van der Waals surface area contributed by atoms with Gasteiger partial charge in [0, 0.05) is 11.5 Å². The minimum absolute atomic E-state index is 0.0124. The summed E-state index contributed by atoms with van der Waals surface area (Å²) in [5.74, 6) is 2.89. The molecule has 2 unspecified atom stereocenters. The number of thioether (sulfide) groups is 1. The van der Waals surface area contributed by atoms with Crippen LogP contribution >= 0.6 is 11.8 Å². The van der Waals surface area contributed by atoms with Crippen molar-refractivity contribution in [3.63, 3.8) is 0 Å². The number of hydrogen-bond donors (Lipinski definition) is 1. The molecule has 1 aromatic heterocycles. The topological polar surface area (TPSA) is 62.4 Å². The van der Waals surface area contributed by atoms with E-state index in [0.29, 0.717) is 18.3 Å². The lowest BCUT2D eigenvalue weighted by Crippen LogP contribution is -2.16. The van der Waals surface area contributed by atoms with Gasteiger partial charge in [-0.25, -0.2) is 0 Å². The summed E-state index contributed by atoms with van der Waals surface area (Å²) in [4.78, 5) is 6.27. The molecule has 1 saturated heterocycles. The van der Waals surface area contributed by atoms with E-state index in [0.717, 1.165) is 11.5 Å². The highest BCUT2D eigenvalue weighted by Crippen LogP contribution is 2.31. The first-order valence-corrected chi connectivity index (χ1v) is 6.05. The quantitative estimate of drug-likeness (QED) is 0.805. The Kier molecular flexibility index (Phi) is 3.28. The highest BCUT2D eigenvalue weighted by atomic mass is 32.2. The lowest BCUT2D eigenvalue weighted by Gasteiger charge is -2.07. The molecule has 6 heteroatoms. The van der Waals surface area contributed by atoms with E-state index < -0.39 is 0 Å². The van der Waals surface area contributed by atoms with Crippen molar-refractivity contribution in [2.24, 2.45) is 0 Å². The molecule has 0 aliphatic carbocycles. The monoisotopic (exact) mass is 229 g/mol. The van der Waals surface area contributed by atoms with Crippen LogP contribution in [0.1, 0.15) is 17.6 Å². The molecule has 2 heterocycles. The standard InChI is InChI=1S/C9H15N3O2S/c1-12(2)3-8-10-9(14-11-8)6-4-15-5-7(6)13/h6-7,13H,3-5H2,1-2H3. The summed E-state index contributed by atoms with van der Waals surface area (Å²) in [7, 11) is 3.91. The van der Waals surface area contributed by atoms with E-state index in [1.54, 1.807) is 11.8 Å². The van der Waals surface area contributed by atoms with E-state index in [1.165, 1.54) is 0 Å². The first-order chi connectivity index (χ1) is 7.16. The van der Waals surface area contributed by atoms with Gasteiger partial charge in [0.2, 0.25) is 5.89 Å². The van der Waals surface area contributed by atoms with Gasteiger partial charge >= 0.3 is 0 Å². The molecule has 0 radical (unpaired) electrons. The van der Waals surface area contributed by atoms with Gasteiger partial charge in [0.15, 0.2) is 5.82 Å². The zero-order valence-electron chi connectivity index (χ0n) is 8.88. The highest BCUT2D eigenvalue weighted by molar-refractivity contribution is 7.99. The Morgan fingerprint density at radius 2 is 2.33 bits per heavy atom. The summed E-state index contributed by atoms with van der Waals surface area (Å²) < 4.78 is 5.16. The first kappa shape index (κ1) is 10.9. The second-order valence-electron chi connectivity index (χ2n) is 4.00. The molecular weight excluding hydrogens is 214 g/mol. The fourth-order valence-corrected chi connectivity index (χ4v) is 2.77. The molecule has 84 valence electrons. The number of aromatic nitrogens is 2. The minimum Gasteiger partial charge on any atom is -0.391 e. The van der Waals surface area contributed by atoms with E-state index >= 15 is 0 Å². The molecule has 0 aromatic carbocycles. The number of nitrogens with zero attached hydrogens (tertiary/aromatic N) is 3. The van der Waals surface area contributed by atoms with E-state index in [-0.39, 0.29) is 12.0 Å². The maximum atomic E-state index is 9.67. The van der Waals surface area contributed by atoms with Crippen LogP contribution in [0.25, 0.3) is 0 Å². The molecule has 2 rings (SSSR count). The zero-order chi connectivity index (χ0) is 10.8. The first-order valence-electron chi connectivity index (χ1n) is 4.90. The van der Waals surface area contributed by atoms with Gasteiger partial charge < -0.3 is 14.5 Å². The lowest BCUT2D eigenvalue weighted by molar-refractivity contribution is 0.164. The average molecular weight is 229 g/mol. The normalized spacial score (nSPS) is 26.4. The Hall–Kier alpha value is -0.590. The van der Waals surface area contributed by atoms with Crippen LogP contribution in [0, 0.1) is 0 Å². The second-order valence-corrected chi connectivity index (χ2v) is 5.07. The van der Waals surface area contributed by atoms with Gasteiger partial charge in [0.1, 0.15) is 0 Å². The van der Waals surface area contributed by atoms with E-state index in [1.807, 2.05) is 19.0 Å². The Bertz CT molecular complexity index is 329. The third-order valence-corrected chi connectivity index (χ3v) is 3.48. The maximum Gasteiger partial charge on any atom is 0.233 e. The van der Waals surface area contributed by atoms with Gasteiger partial charge in [-0.2, -0.15) is 16.7 Å². The number of aliphatic hydroxyl groups excluding tert-OH is 1. The average Bonchev–Trinajstić information content (AvgIpc) is 2.72. The SMILES string of the molecule is CN(C)Cc1noc(C2CSCC2O)n1. The molecule has 1 aliphatic heterocycles. The molecular formula is C9H15N3O2S. The zero-order valence-corrected chi connectivity index (χ0v) is 9.70. The van der Waals surface area contributed by atoms with Crippen LogP contribution in [0.15, 0.2) is 4.52 Å². The molecule has 0 amide bonds.